The van der Waals surface area contributed by atoms with Gasteiger partial charge >= 0.3 is 5.97 Å². The van der Waals surface area contributed by atoms with Crippen LogP contribution in [0.25, 0.3) is 0 Å². The average molecular weight is 342 g/mol. The van der Waals surface area contributed by atoms with Crippen molar-refractivity contribution in [3.05, 3.63) is 39.8 Å². The summed E-state index contributed by atoms with van der Waals surface area (Å²) in [6.45, 7) is 1.58. The van der Waals surface area contributed by atoms with E-state index in [-0.39, 0.29) is 16.3 Å². The van der Waals surface area contributed by atoms with Crippen molar-refractivity contribution in [2.45, 2.75) is 6.92 Å². The van der Waals surface area contributed by atoms with Gasteiger partial charge in [-0.2, -0.15) is 4.37 Å². The van der Waals surface area contributed by atoms with Crippen molar-refractivity contribution in [2.24, 2.45) is 0 Å². The molecule has 0 aliphatic carbocycles. The molecule has 0 atom stereocenters. The number of carbonyl (C=O) groups excluding carboxylic acids is 1. The van der Waals surface area contributed by atoms with Gasteiger partial charge in [-0.3, -0.25) is 4.79 Å². The van der Waals surface area contributed by atoms with Gasteiger partial charge in [0.05, 0.1) is 5.69 Å². The third kappa shape index (κ3) is 2.96. The number of aryl methyl sites for hydroxylation is 1. The summed E-state index contributed by atoms with van der Waals surface area (Å²) >= 11 is 4.09. The highest BCUT2D eigenvalue weighted by Crippen LogP contribution is 2.24. The fourth-order valence-electron chi connectivity index (χ4n) is 1.41. The number of pyridine rings is 1. The van der Waals surface area contributed by atoms with Crippen molar-refractivity contribution >= 4 is 44.3 Å². The Balaban J connectivity index is 2.27. The molecule has 2 aromatic heterocycles. The van der Waals surface area contributed by atoms with Crippen LogP contribution in [0.4, 0.5) is 5.00 Å². The average Bonchev–Trinajstić information content (AvgIpc) is 2.70. The first-order valence-corrected chi connectivity index (χ1v) is 6.69. The Morgan fingerprint density at radius 1 is 1.42 bits per heavy atom. The van der Waals surface area contributed by atoms with E-state index in [4.69, 9.17) is 5.11 Å². The van der Waals surface area contributed by atoms with Crippen molar-refractivity contribution in [3.8, 4) is 0 Å². The third-order valence-electron chi connectivity index (χ3n) is 2.25. The van der Waals surface area contributed by atoms with Gasteiger partial charge in [-0.15, -0.1) is 0 Å². The maximum absolute atomic E-state index is 11.9. The molecular formula is C11H8BrN3O3S. The number of nitrogens with zero attached hydrogens (tertiary/aromatic N) is 2. The van der Waals surface area contributed by atoms with E-state index in [2.05, 4.69) is 30.6 Å². The molecule has 0 aromatic carbocycles. The second kappa shape index (κ2) is 5.45. The molecule has 6 nitrogen and oxygen atoms in total. The number of amides is 1. The highest BCUT2D eigenvalue weighted by molar-refractivity contribution is 9.10. The maximum atomic E-state index is 11.9. The van der Waals surface area contributed by atoms with Gasteiger partial charge in [0, 0.05) is 0 Å². The Hall–Kier alpha value is -1.80. The van der Waals surface area contributed by atoms with Gasteiger partial charge in [-0.05, 0) is 46.5 Å². The Morgan fingerprint density at radius 3 is 2.79 bits per heavy atom. The van der Waals surface area contributed by atoms with Gasteiger partial charge in [0.15, 0.2) is 0 Å². The van der Waals surface area contributed by atoms with Crippen LogP contribution in [0, 0.1) is 6.92 Å². The molecular weight excluding hydrogens is 334 g/mol. The van der Waals surface area contributed by atoms with Crippen LogP contribution in [0.2, 0.25) is 0 Å². The Morgan fingerprint density at radius 2 is 2.16 bits per heavy atom. The SMILES string of the molecule is Cc1nsc(NC(=O)c2cccc(Br)n2)c1C(=O)O. The van der Waals surface area contributed by atoms with E-state index < -0.39 is 11.9 Å². The lowest BCUT2D eigenvalue weighted by atomic mass is 10.2. The van der Waals surface area contributed by atoms with Gasteiger partial charge in [-0.25, -0.2) is 9.78 Å². The van der Waals surface area contributed by atoms with E-state index >= 15 is 0 Å². The van der Waals surface area contributed by atoms with Crippen molar-refractivity contribution in [3.63, 3.8) is 0 Å². The lowest BCUT2D eigenvalue weighted by Crippen LogP contribution is -2.15. The van der Waals surface area contributed by atoms with Crippen LogP contribution in [0.3, 0.4) is 0 Å². The fraction of sp³-hybridized carbons (Fsp3) is 0.0909. The van der Waals surface area contributed by atoms with Crippen LogP contribution in [-0.2, 0) is 0 Å². The highest BCUT2D eigenvalue weighted by atomic mass is 79.9. The topological polar surface area (TPSA) is 92.2 Å². The molecule has 0 aliphatic heterocycles. The summed E-state index contributed by atoms with van der Waals surface area (Å²) in [7, 11) is 0. The molecule has 2 rings (SSSR count). The molecule has 19 heavy (non-hydrogen) atoms. The predicted molar refractivity (Wildman–Crippen MR) is 73.7 cm³/mol. The van der Waals surface area contributed by atoms with Gasteiger partial charge in [-0.1, -0.05) is 6.07 Å². The summed E-state index contributed by atoms with van der Waals surface area (Å²) in [5.74, 6) is -1.60. The summed E-state index contributed by atoms with van der Waals surface area (Å²) in [6, 6.07) is 4.90. The third-order valence-corrected chi connectivity index (χ3v) is 3.55. The molecule has 0 unspecified atom stereocenters. The highest BCUT2D eigenvalue weighted by Gasteiger charge is 2.20. The van der Waals surface area contributed by atoms with Crippen molar-refractivity contribution < 1.29 is 14.7 Å². The van der Waals surface area contributed by atoms with E-state index in [1.165, 1.54) is 6.07 Å². The lowest BCUT2D eigenvalue weighted by molar-refractivity contribution is 0.0697. The minimum atomic E-state index is -1.12. The number of carboxylic acids is 1. The van der Waals surface area contributed by atoms with E-state index in [9.17, 15) is 9.59 Å². The molecule has 8 heteroatoms. The lowest BCUT2D eigenvalue weighted by Gasteiger charge is -2.03. The largest absolute Gasteiger partial charge is 0.478 e. The Kier molecular flexibility index (Phi) is 3.91. The first-order valence-electron chi connectivity index (χ1n) is 5.12. The molecule has 98 valence electrons. The number of nitrogens with one attached hydrogen (secondary N) is 1. The number of carboxylic acid groups (broad SMARTS) is 1. The second-order valence-corrected chi connectivity index (χ2v) is 5.16. The molecule has 2 N–H and O–H groups in total. The molecule has 0 saturated carbocycles. The summed E-state index contributed by atoms with van der Waals surface area (Å²) < 4.78 is 4.45. The zero-order valence-electron chi connectivity index (χ0n) is 9.68. The van der Waals surface area contributed by atoms with Gasteiger partial charge in [0.2, 0.25) is 0 Å². The number of hydrogen-bond acceptors (Lipinski definition) is 5. The number of carbonyl (C=O) groups is 2. The normalized spacial score (nSPS) is 10.2. The fourth-order valence-corrected chi connectivity index (χ4v) is 2.54. The maximum Gasteiger partial charge on any atom is 0.340 e. The zero-order chi connectivity index (χ0) is 14.0. The van der Waals surface area contributed by atoms with Crippen LogP contribution >= 0.6 is 27.5 Å². The second-order valence-electron chi connectivity index (χ2n) is 3.58. The predicted octanol–water partition coefficient (Wildman–Crippen LogP) is 2.56. The summed E-state index contributed by atoms with van der Waals surface area (Å²) in [5, 5.41) is 11.8. The number of hydrogen-bond donors (Lipinski definition) is 2. The summed E-state index contributed by atoms with van der Waals surface area (Å²) in [4.78, 5) is 27.0. The first-order chi connectivity index (χ1) is 8.99. The first kappa shape index (κ1) is 13.6. The standard InChI is InChI=1S/C11H8BrN3O3S/c1-5-8(11(17)18)10(19-15-5)14-9(16)6-3-2-4-7(12)13-6/h2-4H,1H3,(H,14,16)(H,17,18). The quantitative estimate of drug-likeness (QED) is 0.837. The van der Waals surface area contributed by atoms with E-state index in [0.717, 1.165) is 11.5 Å². The number of halogens is 1. The van der Waals surface area contributed by atoms with Gasteiger partial charge in [0.25, 0.3) is 5.91 Å². The molecule has 1 amide bonds. The molecule has 0 fully saturated rings. The van der Waals surface area contributed by atoms with Crippen molar-refractivity contribution in [1.29, 1.82) is 0 Å². The van der Waals surface area contributed by atoms with Crippen LogP contribution < -0.4 is 5.32 Å². The van der Waals surface area contributed by atoms with Crippen LogP contribution in [-0.4, -0.2) is 26.3 Å². The summed E-state index contributed by atoms with van der Waals surface area (Å²) in [6.07, 6.45) is 0. The van der Waals surface area contributed by atoms with E-state index in [0.29, 0.717) is 10.3 Å². The molecule has 0 saturated heterocycles. The number of anilines is 1. The molecule has 0 radical (unpaired) electrons. The van der Waals surface area contributed by atoms with Crippen molar-refractivity contribution in [2.75, 3.05) is 5.32 Å². The van der Waals surface area contributed by atoms with E-state index in [1.54, 1.807) is 19.1 Å². The molecule has 0 spiro atoms. The number of aromatic nitrogens is 2. The van der Waals surface area contributed by atoms with Gasteiger partial charge in [0.1, 0.15) is 20.9 Å². The van der Waals surface area contributed by atoms with Crippen LogP contribution in [0.5, 0.6) is 0 Å². The minimum Gasteiger partial charge on any atom is -0.478 e. The monoisotopic (exact) mass is 341 g/mol. The molecule has 0 aliphatic rings. The zero-order valence-corrected chi connectivity index (χ0v) is 12.1. The van der Waals surface area contributed by atoms with Crippen LogP contribution in [0.15, 0.2) is 22.8 Å². The van der Waals surface area contributed by atoms with E-state index in [1.807, 2.05) is 0 Å². The molecule has 2 aromatic rings. The number of aromatic carboxylic acids is 1. The minimum absolute atomic E-state index is 0.00773. The number of rotatable bonds is 3. The Bertz CT molecular complexity index is 656. The summed E-state index contributed by atoms with van der Waals surface area (Å²) in [5.41, 5.74) is 0.570. The molecule has 0 bridgehead atoms. The smallest absolute Gasteiger partial charge is 0.340 e. The van der Waals surface area contributed by atoms with Crippen molar-refractivity contribution in [1.82, 2.24) is 9.36 Å². The van der Waals surface area contributed by atoms with Crippen LogP contribution in [0.1, 0.15) is 26.5 Å². The van der Waals surface area contributed by atoms with Gasteiger partial charge < -0.3 is 10.4 Å². The molecule has 2 heterocycles. The Labute approximate surface area is 120 Å².